The van der Waals surface area contributed by atoms with Crippen LogP contribution >= 0.6 is 11.6 Å². The average molecular weight is 410 g/mol. The van der Waals surface area contributed by atoms with Gasteiger partial charge in [-0.1, -0.05) is 41.9 Å². The second-order valence-electron chi connectivity index (χ2n) is 6.34. The number of halogens is 1. The Morgan fingerprint density at radius 2 is 1.59 bits per heavy atom. The number of ether oxygens (including phenoxy) is 2. The minimum Gasteiger partial charge on any atom is -0.479 e. The Morgan fingerprint density at radius 1 is 0.931 bits per heavy atom. The third kappa shape index (κ3) is 6.09. The van der Waals surface area contributed by atoms with Gasteiger partial charge in [0.15, 0.2) is 6.10 Å². The molecule has 1 atom stereocenters. The molecule has 29 heavy (non-hydrogen) atoms. The first kappa shape index (κ1) is 20.4. The van der Waals surface area contributed by atoms with E-state index in [9.17, 15) is 9.59 Å². The summed E-state index contributed by atoms with van der Waals surface area (Å²) in [6.07, 6.45) is -0.771. The van der Waals surface area contributed by atoms with Crippen molar-refractivity contribution >= 4 is 29.2 Å². The standard InChI is InChI=1S/C23H20ClNO4/c1-16(23(27)28-15-17-5-3-2-4-6-17)29-21-13-7-18(8-14-21)22(26)25-20-11-9-19(24)10-12-20/h2-14,16H,15H2,1H3,(H,25,26)/t16-/m1/s1. The number of amides is 1. The Morgan fingerprint density at radius 3 is 2.24 bits per heavy atom. The van der Waals surface area contributed by atoms with E-state index in [4.69, 9.17) is 21.1 Å². The lowest BCUT2D eigenvalue weighted by atomic mass is 10.2. The molecule has 0 heterocycles. The highest BCUT2D eigenvalue weighted by Gasteiger charge is 2.17. The van der Waals surface area contributed by atoms with Crippen LogP contribution < -0.4 is 10.1 Å². The zero-order chi connectivity index (χ0) is 20.6. The minimum atomic E-state index is -0.771. The van der Waals surface area contributed by atoms with Crippen molar-refractivity contribution in [1.29, 1.82) is 0 Å². The van der Waals surface area contributed by atoms with E-state index < -0.39 is 12.1 Å². The van der Waals surface area contributed by atoms with Crippen LogP contribution in [0.1, 0.15) is 22.8 Å². The van der Waals surface area contributed by atoms with Crippen molar-refractivity contribution in [1.82, 2.24) is 0 Å². The predicted molar refractivity (Wildman–Crippen MR) is 112 cm³/mol. The smallest absolute Gasteiger partial charge is 0.347 e. The number of nitrogens with one attached hydrogen (secondary N) is 1. The highest BCUT2D eigenvalue weighted by atomic mass is 35.5. The number of anilines is 1. The van der Waals surface area contributed by atoms with Crippen LogP contribution in [0, 0.1) is 0 Å². The molecule has 0 spiro atoms. The number of rotatable bonds is 7. The normalized spacial score (nSPS) is 11.4. The maximum Gasteiger partial charge on any atom is 0.347 e. The molecule has 0 aliphatic carbocycles. The molecule has 0 aromatic heterocycles. The van der Waals surface area contributed by atoms with E-state index in [1.807, 2.05) is 30.3 Å². The Kier molecular flexibility index (Phi) is 6.87. The summed E-state index contributed by atoms with van der Waals surface area (Å²) in [5, 5.41) is 3.38. The van der Waals surface area contributed by atoms with Crippen molar-refractivity contribution < 1.29 is 19.1 Å². The molecule has 0 saturated carbocycles. The quantitative estimate of drug-likeness (QED) is 0.551. The zero-order valence-electron chi connectivity index (χ0n) is 15.8. The fourth-order valence-electron chi connectivity index (χ4n) is 2.52. The Balaban J connectivity index is 1.51. The van der Waals surface area contributed by atoms with Gasteiger partial charge in [-0.05, 0) is 61.0 Å². The van der Waals surface area contributed by atoms with Crippen LogP contribution in [-0.4, -0.2) is 18.0 Å². The van der Waals surface area contributed by atoms with E-state index in [0.29, 0.717) is 22.0 Å². The number of carbonyl (C=O) groups excluding carboxylic acids is 2. The summed E-state index contributed by atoms with van der Waals surface area (Å²) in [6, 6.07) is 22.8. The van der Waals surface area contributed by atoms with E-state index in [1.165, 1.54) is 0 Å². The molecule has 6 heteroatoms. The topological polar surface area (TPSA) is 64.6 Å². The molecule has 0 fully saturated rings. The third-order valence-electron chi connectivity index (χ3n) is 4.09. The van der Waals surface area contributed by atoms with Crippen molar-refractivity contribution in [3.8, 4) is 5.75 Å². The average Bonchev–Trinajstić information content (AvgIpc) is 2.74. The molecule has 0 bridgehead atoms. The minimum absolute atomic E-state index is 0.192. The SMILES string of the molecule is C[C@@H](Oc1ccc(C(=O)Nc2ccc(Cl)cc2)cc1)C(=O)OCc1ccccc1. The largest absolute Gasteiger partial charge is 0.479 e. The lowest BCUT2D eigenvalue weighted by molar-refractivity contribution is -0.152. The van der Waals surface area contributed by atoms with Crippen LogP contribution in [-0.2, 0) is 16.1 Å². The first-order valence-corrected chi connectivity index (χ1v) is 9.43. The van der Waals surface area contributed by atoms with Crippen molar-refractivity contribution in [2.75, 3.05) is 5.32 Å². The molecule has 5 nitrogen and oxygen atoms in total. The highest BCUT2D eigenvalue weighted by molar-refractivity contribution is 6.30. The van der Waals surface area contributed by atoms with Crippen molar-refractivity contribution in [3.05, 3.63) is 95.0 Å². The van der Waals surface area contributed by atoms with Crippen LogP contribution in [0.15, 0.2) is 78.9 Å². The third-order valence-corrected chi connectivity index (χ3v) is 4.34. The van der Waals surface area contributed by atoms with Gasteiger partial charge >= 0.3 is 5.97 Å². The van der Waals surface area contributed by atoms with Crippen molar-refractivity contribution in [3.63, 3.8) is 0 Å². The number of hydrogen-bond acceptors (Lipinski definition) is 4. The van der Waals surface area contributed by atoms with E-state index >= 15 is 0 Å². The van der Waals surface area contributed by atoms with Gasteiger partial charge in [0.1, 0.15) is 12.4 Å². The summed E-state index contributed by atoms with van der Waals surface area (Å²) >= 11 is 5.84. The molecule has 0 radical (unpaired) electrons. The van der Waals surface area contributed by atoms with Gasteiger partial charge in [-0.2, -0.15) is 0 Å². The molecular formula is C23H20ClNO4. The molecule has 3 aromatic rings. The van der Waals surface area contributed by atoms with E-state index in [2.05, 4.69) is 5.32 Å². The maximum absolute atomic E-state index is 12.3. The van der Waals surface area contributed by atoms with E-state index in [0.717, 1.165) is 5.56 Å². The van der Waals surface area contributed by atoms with Crippen LogP contribution in [0.3, 0.4) is 0 Å². The van der Waals surface area contributed by atoms with Crippen molar-refractivity contribution in [2.24, 2.45) is 0 Å². The summed E-state index contributed by atoms with van der Waals surface area (Å²) in [5.74, 6) is -0.246. The maximum atomic E-state index is 12.3. The molecule has 3 aromatic carbocycles. The van der Waals surface area contributed by atoms with Gasteiger partial charge in [-0.25, -0.2) is 4.79 Å². The highest BCUT2D eigenvalue weighted by Crippen LogP contribution is 2.17. The second kappa shape index (κ2) is 9.75. The molecule has 1 amide bonds. The number of esters is 1. The molecule has 0 unspecified atom stereocenters. The summed E-state index contributed by atoms with van der Waals surface area (Å²) in [5.41, 5.74) is 2.02. The van der Waals surface area contributed by atoms with E-state index in [-0.39, 0.29) is 12.5 Å². The van der Waals surface area contributed by atoms with Crippen LogP contribution in [0.4, 0.5) is 5.69 Å². The van der Waals surface area contributed by atoms with Gasteiger partial charge < -0.3 is 14.8 Å². The summed E-state index contributed by atoms with van der Waals surface area (Å²) in [7, 11) is 0. The molecule has 0 aliphatic heterocycles. The van der Waals surface area contributed by atoms with Crippen LogP contribution in [0.25, 0.3) is 0 Å². The van der Waals surface area contributed by atoms with Gasteiger partial charge in [-0.3, -0.25) is 4.79 Å². The number of hydrogen-bond donors (Lipinski definition) is 1. The summed E-state index contributed by atoms with van der Waals surface area (Å²) < 4.78 is 10.9. The van der Waals surface area contributed by atoms with Gasteiger partial charge in [0, 0.05) is 16.3 Å². The number of carbonyl (C=O) groups is 2. The van der Waals surface area contributed by atoms with Crippen LogP contribution in [0.2, 0.25) is 5.02 Å². The number of benzene rings is 3. The summed E-state index contributed by atoms with van der Waals surface area (Å²) in [6.45, 7) is 1.81. The first-order chi connectivity index (χ1) is 14.0. The Bertz CT molecular complexity index is 956. The monoisotopic (exact) mass is 409 g/mol. The molecule has 1 N–H and O–H groups in total. The second-order valence-corrected chi connectivity index (χ2v) is 6.78. The van der Waals surface area contributed by atoms with Gasteiger partial charge in [0.2, 0.25) is 0 Å². The zero-order valence-corrected chi connectivity index (χ0v) is 16.6. The Labute approximate surface area is 174 Å². The summed E-state index contributed by atoms with van der Waals surface area (Å²) in [4.78, 5) is 24.4. The van der Waals surface area contributed by atoms with Gasteiger partial charge in [0.05, 0.1) is 0 Å². The lowest BCUT2D eigenvalue weighted by Gasteiger charge is -2.14. The Hall–Kier alpha value is -3.31. The predicted octanol–water partition coefficient (Wildman–Crippen LogP) is 5.10. The fourth-order valence-corrected chi connectivity index (χ4v) is 2.65. The van der Waals surface area contributed by atoms with Crippen LogP contribution in [0.5, 0.6) is 5.75 Å². The van der Waals surface area contributed by atoms with E-state index in [1.54, 1.807) is 55.5 Å². The van der Waals surface area contributed by atoms with Gasteiger partial charge in [0.25, 0.3) is 5.91 Å². The molecule has 148 valence electrons. The molecule has 0 saturated heterocycles. The fraction of sp³-hybridized carbons (Fsp3) is 0.130. The molecule has 0 aliphatic rings. The van der Waals surface area contributed by atoms with Crippen molar-refractivity contribution in [2.45, 2.75) is 19.6 Å². The first-order valence-electron chi connectivity index (χ1n) is 9.05. The molecule has 3 rings (SSSR count). The van der Waals surface area contributed by atoms with Gasteiger partial charge in [-0.15, -0.1) is 0 Å². The molecular weight excluding hydrogens is 390 g/mol. The lowest BCUT2D eigenvalue weighted by Crippen LogP contribution is -2.26.